The molecule has 0 fully saturated rings. The average molecular weight is 303 g/mol. The largest absolute Gasteiger partial charge is 0.323 e. The van der Waals surface area contributed by atoms with Crippen LogP contribution in [0.5, 0.6) is 0 Å². The Hall–Kier alpha value is -1.79. The third-order valence-corrected chi connectivity index (χ3v) is 4.79. The smallest absolute Gasteiger partial charge is 0.267 e. The summed E-state index contributed by atoms with van der Waals surface area (Å²) in [7, 11) is 0. The van der Waals surface area contributed by atoms with E-state index in [4.69, 9.17) is 12.2 Å². The van der Waals surface area contributed by atoms with E-state index in [1.54, 1.807) is 17.5 Å². The van der Waals surface area contributed by atoms with Gasteiger partial charge in [-0.3, -0.25) is 14.3 Å². The number of aryl methyl sites for hydroxylation is 3. The molecule has 3 heterocycles. The molecule has 102 valence electrons. The number of nitrogens with one attached hydrogen (secondary N) is 1. The molecular weight excluding hydrogens is 290 g/mol. The topological polar surface area (TPSA) is 50.7 Å². The van der Waals surface area contributed by atoms with E-state index in [-0.39, 0.29) is 5.56 Å². The Bertz CT molecular complexity index is 916. The summed E-state index contributed by atoms with van der Waals surface area (Å²) in [5.74, 6) is 0. The van der Waals surface area contributed by atoms with Crippen molar-refractivity contribution in [3.63, 3.8) is 0 Å². The van der Waals surface area contributed by atoms with Crippen molar-refractivity contribution in [1.29, 1.82) is 0 Å². The summed E-state index contributed by atoms with van der Waals surface area (Å²) in [6.45, 7) is 5.88. The van der Waals surface area contributed by atoms with Crippen LogP contribution in [0.1, 0.15) is 16.1 Å². The van der Waals surface area contributed by atoms with Gasteiger partial charge in [-0.1, -0.05) is 0 Å². The van der Waals surface area contributed by atoms with Crippen molar-refractivity contribution in [2.24, 2.45) is 0 Å². The SMILES string of the molecule is Cc1ccc(-n2c(=S)[nH]c3sc(C)c(C)c3c2=O)cn1. The Morgan fingerprint density at radius 2 is 2.05 bits per heavy atom. The molecule has 0 aliphatic rings. The van der Waals surface area contributed by atoms with Crippen LogP contribution in [0, 0.1) is 25.5 Å². The second-order valence-electron chi connectivity index (χ2n) is 4.72. The second-order valence-corrected chi connectivity index (χ2v) is 6.33. The molecule has 0 amide bonds. The molecule has 0 atom stereocenters. The Kier molecular flexibility index (Phi) is 3.07. The highest BCUT2D eigenvalue weighted by molar-refractivity contribution is 7.71. The molecule has 0 aliphatic heterocycles. The minimum atomic E-state index is -0.0868. The van der Waals surface area contributed by atoms with Gasteiger partial charge >= 0.3 is 0 Å². The Morgan fingerprint density at radius 3 is 2.70 bits per heavy atom. The van der Waals surface area contributed by atoms with Gasteiger partial charge in [-0.25, -0.2) is 0 Å². The molecule has 3 rings (SSSR count). The van der Waals surface area contributed by atoms with Crippen LogP contribution in [0.15, 0.2) is 23.1 Å². The van der Waals surface area contributed by atoms with E-state index in [0.29, 0.717) is 15.8 Å². The summed E-state index contributed by atoms with van der Waals surface area (Å²) in [6.07, 6.45) is 1.67. The molecule has 20 heavy (non-hydrogen) atoms. The molecule has 6 heteroatoms. The molecule has 0 unspecified atom stereocenters. The van der Waals surface area contributed by atoms with Crippen molar-refractivity contribution in [3.8, 4) is 5.69 Å². The van der Waals surface area contributed by atoms with Crippen LogP contribution in [-0.4, -0.2) is 14.5 Å². The van der Waals surface area contributed by atoms with Crippen molar-refractivity contribution < 1.29 is 0 Å². The van der Waals surface area contributed by atoms with Gasteiger partial charge in [0.15, 0.2) is 4.77 Å². The number of hydrogen-bond acceptors (Lipinski definition) is 4. The third-order valence-electron chi connectivity index (χ3n) is 3.38. The lowest BCUT2D eigenvalue weighted by molar-refractivity contribution is 0.929. The zero-order valence-corrected chi connectivity index (χ0v) is 13.0. The first-order chi connectivity index (χ1) is 9.49. The molecule has 0 spiro atoms. The summed E-state index contributed by atoms with van der Waals surface area (Å²) >= 11 is 6.88. The molecule has 3 aromatic rings. The zero-order chi connectivity index (χ0) is 14.4. The number of thiophene rings is 1. The number of aromatic amines is 1. The van der Waals surface area contributed by atoms with Gasteiger partial charge in [0, 0.05) is 10.6 Å². The molecule has 0 aromatic carbocycles. The standard InChI is InChI=1S/C14H13N3OS2/c1-7-4-5-10(6-15-7)17-13(18)11-8(2)9(3)20-12(11)16-14(17)19/h4-6H,1-3H3,(H,16,19). The first-order valence-electron chi connectivity index (χ1n) is 6.17. The van der Waals surface area contributed by atoms with Crippen molar-refractivity contribution in [2.45, 2.75) is 20.8 Å². The van der Waals surface area contributed by atoms with E-state index in [2.05, 4.69) is 9.97 Å². The number of aromatic nitrogens is 3. The van der Waals surface area contributed by atoms with E-state index >= 15 is 0 Å². The number of pyridine rings is 1. The van der Waals surface area contributed by atoms with Crippen LogP contribution in [-0.2, 0) is 0 Å². The van der Waals surface area contributed by atoms with Gasteiger partial charge in [-0.05, 0) is 50.7 Å². The summed E-state index contributed by atoms with van der Waals surface area (Å²) in [6, 6.07) is 3.72. The number of nitrogens with zero attached hydrogens (tertiary/aromatic N) is 2. The summed E-state index contributed by atoms with van der Waals surface area (Å²) in [5.41, 5.74) is 2.51. The van der Waals surface area contributed by atoms with Gasteiger partial charge in [0.25, 0.3) is 5.56 Å². The first kappa shape index (κ1) is 13.2. The highest BCUT2D eigenvalue weighted by atomic mass is 32.1. The van der Waals surface area contributed by atoms with Gasteiger partial charge in [0.2, 0.25) is 0 Å². The quantitative estimate of drug-likeness (QED) is 0.701. The summed E-state index contributed by atoms with van der Waals surface area (Å²) < 4.78 is 1.90. The second kappa shape index (κ2) is 4.64. The van der Waals surface area contributed by atoms with Gasteiger partial charge in [-0.2, -0.15) is 0 Å². The average Bonchev–Trinajstić information content (AvgIpc) is 2.67. The maximum atomic E-state index is 12.7. The Morgan fingerprint density at radius 1 is 1.30 bits per heavy atom. The van der Waals surface area contributed by atoms with Crippen LogP contribution in [0.2, 0.25) is 0 Å². The van der Waals surface area contributed by atoms with Gasteiger partial charge in [0.1, 0.15) is 4.83 Å². The monoisotopic (exact) mass is 303 g/mol. The van der Waals surface area contributed by atoms with Crippen molar-refractivity contribution >= 4 is 33.8 Å². The lowest BCUT2D eigenvalue weighted by Gasteiger charge is -2.06. The van der Waals surface area contributed by atoms with E-state index in [9.17, 15) is 4.79 Å². The predicted octanol–water partition coefficient (Wildman–Crippen LogP) is 3.43. The maximum Gasteiger partial charge on any atom is 0.267 e. The van der Waals surface area contributed by atoms with Crippen LogP contribution in [0.3, 0.4) is 0 Å². The normalized spacial score (nSPS) is 11.2. The van der Waals surface area contributed by atoms with E-state index in [1.165, 1.54) is 4.57 Å². The van der Waals surface area contributed by atoms with E-state index < -0.39 is 0 Å². The minimum Gasteiger partial charge on any atom is -0.323 e. The highest BCUT2D eigenvalue weighted by Gasteiger charge is 2.13. The molecular formula is C14H13N3OS2. The number of rotatable bonds is 1. The van der Waals surface area contributed by atoms with Crippen molar-refractivity contribution in [3.05, 3.63) is 49.6 Å². The Labute approximate surface area is 124 Å². The van der Waals surface area contributed by atoms with Gasteiger partial charge in [0.05, 0.1) is 17.3 Å². The zero-order valence-electron chi connectivity index (χ0n) is 11.4. The van der Waals surface area contributed by atoms with Gasteiger partial charge in [-0.15, -0.1) is 11.3 Å². The van der Waals surface area contributed by atoms with Crippen LogP contribution >= 0.6 is 23.6 Å². The summed E-state index contributed by atoms with van der Waals surface area (Å²) in [5, 5.41) is 0.710. The van der Waals surface area contributed by atoms with Crippen LogP contribution in [0.25, 0.3) is 15.9 Å². The van der Waals surface area contributed by atoms with Crippen molar-refractivity contribution in [1.82, 2.24) is 14.5 Å². The fraction of sp³-hybridized carbons (Fsp3) is 0.214. The molecule has 0 bridgehead atoms. The van der Waals surface area contributed by atoms with E-state index in [0.717, 1.165) is 21.0 Å². The molecule has 4 nitrogen and oxygen atoms in total. The molecule has 0 radical (unpaired) electrons. The lowest BCUT2D eigenvalue weighted by Crippen LogP contribution is -2.20. The molecule has 1 N–H and O–H groups in total. The lowest BCUT2D eigenvalue weighted by atomic mass is 10.2. The van der Waals surface area contributed by atoms with Gasteiger partial charge < -0.3 is 4.98 Å². The molecule has 0 saturated heterocycles. The molecule has 0 saturated carbocycles. The van der Waals surface area contributed by atoms with E-state index in [1.807, 2.05) is 32.9 Å². The highest BCUT2D eigenvalue weighted by Crippen LogP contribution is 2.26. The maximum absolute atomic E-state index is 12.7. The number of H-pyrrole nitrogens is 1. The molecule has 0 aliphatic carbocycles. The van der Waals surface area contributed by atoms with Crippen LogP contribution in [0.4, 0.5) is 0 Å². The fourth-order valence-electron chi connectivity index (χ4n) is 2.16. The fourth-order valence-corrected chi connectivity index (χ4v) is 3.56. The number of hydrogen-bond donors (Lipinski definition) is 1. The van der Waals surface area contributed by atoms with Crippen molar-refractivity contribution in [2.75, 3.05) is 0 Å². The predicted molar refractivity (Wildman–Crippen MR) is 84.6 cm³/mol. The molecule has 3 aromatic heterocycles. The third kappa shape index (κ3) is 1.92. The Balaban J connectivity index is 2.42. The number of fused-ring (bicyclic) bond motifs is 1. The minimum absolute atomic E-state index is 0.0868. The summed E-state index contributed by atoms with van der Waals surface area (Å²) in [4.78, 5) is 22.1. The first-order valence-corrected chi connectivity index (χ1v) is 7.39. The van der Waals surface area contributed by atoms with Crippen LogP contribution < -0.4 is 5.56 Å².